The van der Waals surface area contributed by atoms with Crippen molar-refractivity contribution in [2.24, 2.45) is 0 Å². The first-order chi connectivity index (χ1) is 6.32. The molecule has 8 heteroatoms. The SMILES string of the molecule is Nc1ncc(B(O)O)cc1C(F)(F)F. The molecule has 1 aromatic heterocycles. The van der Waals surface area contributed by atoms with Gasteiger partial charge < -0.3 is 15.8 Å². The third-order valence-corrected chi connectivity index (χ3v) is 1.54. The summed E-state index contributed by atoms with van der Waals surface area (Å²) in [6.07, 6.45) is -3.78. The van der Waals surface area contributed by atoms with E-state index in [0.29, 0.717) is 6.07 Å². The van der Waals surface area contributed by atoms with Crippen molar-refractivity contribution in [3.8, 4) is 0 Å². The van der Waals surface area contributed by atoms with E-state index in [9.17, 15) is 13.2 Å². The van der Waals surface area contributed by atoms with Crippen molar-refractivity contribution < 1.29 is 23.2 Å². The highest BCUT2D eigenvalue weighted by Gasteiger charge is 2.34. The van der Waals surface area contributed by atoms with Gasteiger partial charge in [-0.05, 0) is 6.07 Å². The molecular formula is C6H6BF3N2O2. The van der Waals surface area contributed by atoms with E-state index in [1.165, 1.54) is 0 Å². The summed E-state index contributed by atoms with van der Waals surface area (Å²) in [6, 6.07) is 0.549. The van der Waals surface area contributed by atoms with Crippen molar-refractivity contribution in [3.05, 3.63) is 17.8 Å². The van der Waals surface area contributed by atoms with Gasteiger partial charge in [0.2, 0.25) is 0 Å². The number of halogens is 3. The lowest BCUT2D eigenvalue weighted by molar-refractivity contribution is -0.137. The van der Waals surface area contributed by atoms with E-state index >= 15 is 0 Å². The number of hydrogen-bond donors (Lipinski definition) is 3. The Labute approximate surface area is 77.3 Å². The van der Waals surface area contributed by atoms with Gasteiger partial charge in [-0.3, -0.25) is 0 Å². The zero-order valence-corrected chi connectivity index (χ0v) is 6.78. The van der Waals surface area contributed by atoms with Gasteiger partial charge in [-0.1, -0.05) is 0 Å². The molecular weight excluding hydrogens is 200 g/mol. The average Bonchev–Trinajstić information content (AvgIpc) is 2.02. The molecule has 4 nitrogen and oxygen atoms in total. The van der Waals surface area contributed by atoms with Gasteiger partial charge in [0, 0.05) is 11.7 Å². The second-order valence-electron chi connectivity index (χ2n) is 2.57. The first-order valence-corrected chi connectivity index (χ1v) is 3.51. The van der Waals surface area contributed by atoms with Crippen LogP contribution in [-0.2, 0) is 6.18 Å². The normalized spacial score (nSPS) is 11.5. The number of nitrogens with two attached hydrogens (primary N) is 1. The highest BCUT2D eigenvalue weighted by molar-refractivity contribution is 6.58. The minimum absolute atomic E-state index is 0.355. The summed E-state index contributed by atoms with van der Waals surface area (Å²) in [5, 5.41) is 17.2. The Morgan fingerprint density at radius 2 is 1.93 bits per heavy atom. The molecule has 0 amide bonds. The average molecular weight is 206 g/mol. The smallest absolute Gasteiger partial charge is 0.423 e. The van der Waals surface area contributed by atoms with Crippen LogP contribution in [0.5, 0.6) is 0 Å². The van der Waals surface area contributed by atoms with E-state index in [4.69, 9.17) is 15.8 Å². The number of nitrogens with zero attached hydrogens (tertiary/aromatic N) is 1. The number of nitrogen functional groups attached to an aromatic ring is 1. The van der Waals surface area contributed by atoms with Gasteiger partial charge >= 0.3 is 13.3 Å². The van der Waals surface area contributed by atoms with Crippen molar-refractivity contribution >= 4 is 18.4 Å². The van der Waals surface area contributed by atoms with E-state index in [2.05, 4.69) is 4.98 Å². The first-order valence-electron chi connectivity index (χ1n) is 3.51. The topological polar surface area (TPSA) is 79.4 Å². The van der Waals surface area contributed by atoms with Crippen LogP contribution in [0.4, 0.5) is 19.0 Å². The van der Waals surface area contributed by atoms with Gasteiger partial charge in [-0.2, -0.15) is 13.2 Å². The van der Waals surface area contributed by atoms with Crippen LogP contribution in [0.25, 0.3) is 0 Å². The maximum Gasteiger partial charge on any atom is 0.490 e. The van der Waals surface area contributed by atoms with Crippen LogP contribution in [0.1, 0.15) is 5.56 Å². The summed E-state index contributed by atoms with van der Waals surface area (Å²) < 4.78 is 36.6. The Balaban J connectivity index is 3.22. The van der Waals surface area contributed by atoms with Gasteiger partial charge in [0.15, 0.2) is 0 Å². The van der Waals surface area contributed by atoms with E-state index in [1.807, 2.05) is 0 Å². The molecule has 4 N–H and O–H groups in total. The van der Waals surface area contributed by atoms with Crippen LogP contribution in [0.2, 0.25) is 0 Å². The Kier molecular flexibility index (Phi) is 2.67. The van der Waals surface area contributed by atoms with E-state index in [-0.39, 0.29) is 5.46 Å². The van der Waals surface area contributed by atoms with E-state index < -0.39 is 24.7 Å². The summed E-state index contributed by atoms with van der Waals surface area (Å²) in [4.78, 5) is 3.20. The molecule has 0 aliphatic heterocycles. The van der Waals surface area contributed by atoms with Crippen LogP contribution >= 0.6 is 0 Å². The molecule has 0 saturated heterocycles. The second kappa shape index (κ2) is 3.47. The van der Waals surface area contributed by atoms with Crippen LogP contribution in [0.3, 0.4) is 0 Å². The van der Waals surface area contributed by atoms with Gasteiger partial charge in [0.1, 0.15) is 5.82 Å². The summed E-state index contributed by atoms with van der Waals surface area (Å²) in [5.74, 6) is -0.693. The molecule has 0 spiro atoms. The fraction of sp³-hybridized carbons (Fsp3) is 0.167. The van der Waals surface area contributed by atoms with Gasteiger partial charge in [-0.25, -0.2) is 4.98 Å². The maximum atomic E-state index is 12.2. The number of pyridine rings is 1. The molecule has 0 aliphatic carbocycles. The predicted octanol–water partition coefficient (Wildman–Crippen LogP) is -0.638. The van der Waals surface area contributed by atoms with Crippen molar-refractivity contribution in [2.45, 2.75) is 6.18 Å². The van der Waals surface area contributed by atoms with Crippen molar-refractivity contribution in [2.75, 3.05) is 5.73 Å². The molecule has 0 bridgehead atoms. The summed E-state index contributed by atoms with van der Waals surface area (Å²) in [6.45, 7) is 0. The zero-order valence-electron chi connectivity index (χ0n) is 6.78. The number of rotatable bonds is 1. The molecule has 0 aromatic carbocycles. The fourth-order valence-corrected chi connectivity index (χ4v) is 0.860. The minimum Gasteiger partial charge on any atom is -0.423 e. The number of anilines is 1. The van der Waals surface area contributed by atoms with E-state index in [1.54, 1.807) is 0 Å². The molecule has 0 fully saturated rings. The monoisotopic (exact) mass is 206 g/mol. The minimum atomic E-state index is -4.65. The Hall–Kier alpha value is -1.28. The Bertz CT molecular complexity index is 342. The van der Waals surface area contributed by atoms with Crippen molar-refractivity contribution in [1.82, 2.24) is 4.98 Å². The van der Waals surface area contributed by atoms with Crippen LogP contribution in [0.15, 0.2) is 12.3 Å². The highest BCUT2D eigenvalue weighted by Crippen LogP contribution is 2.31. The number of aromatic nitrogens is 1. The molecule has 0 atom stereocenters. The molecule has 0 aliphatic rings. The standard InChI is InChI=1S/C6H6BF3N2O2/c8-6(9,10)4-1-3(7(13)14)2-12-5(4)11/h1-2,13-14H,(H2,11,12). The van der Waals surface area contributed by atoms with Crippen LogP contribution in [0, 0.1) is 0 Å². The zero-order chi connectivity index (χ0) is 10.9. The summed E-state index contributed by atoms with van der Waals surface area (Å²) in [5.41, 5.74) is 3.45. The molecule has 0 unspecified atom stereocenters. The Morgan fingerprint density at radius 1 is 1.36 bits per heavy atom. The lowest BCUT2D eigenvalue weighted by atomic mass is 9.81. The fourth-order valence-electron chi connectivity index (χ4n) is 0.860. The number of hydrogen-bond acceptors (Lipinski definition) is 4. The lowest BCUT2D eigenvalue weighted by Crippen LogP contribution is -2.31. The molecule has 76 valence electrons. The summed E-state index contributed by atoms with van der Waals surface area (Å²) >= 11 is 0. The molecule has 1 heterocycles. The molecule has 1 aromatic rings. The van der Waals surface area contributed by atoms with Crippen molar-refractivity contribution in [1.29, 1.82) is 0 Å². The predicted molar refractivity (Wildman–Crippen MR) is 43.5 cm³/mol. The largest absolute Gasteiger partial charge is 0.490 e. The van der Waals surface area contributed by atoms with Crippen LogP contribution < -0.4 is 11.2 Å². The Morgan fingerprint density at radius 3 is 2.36 bits per heavy atom. The first kappa shape index (κ1) is 10.8. The third kappa shape index (κ3) is 2.15. The summed E-state index contributed by atoms with van der Waals surface area (Å²) in [7, 11) is -2.00. The maximum absolute atomic E-state index is 12.2. The molecule has 14 heavy (non-hydrogen) atoms. The lowest BCUT2D eigenvalue weighted by Gasteiger charge is -2.10. The third-order valence-electron chi connectivity index (χ3n) is 1.54. The van der Waals surface area contributed by atoms with Crippen molar-refractivity contribution in [3.63, 3.8) is 0 Å². The van der Waals surface area contributed by atoms with Gasteiger partial charge in [0.05, 0.1) is 5.56 Å². The quantitative estimate of drug-likeness (QED) is 0.534. The van der Waals surface area contributed by atoms with E-state index in [0.717, 1.165) is 6.20 Å². The number of alkyl halides is 3. The highest BCUT2D eigenvalue weighted by atomic mass is 19.4. The molecule has 1 rings (SSSR count). The second-order valence-corrected chi connectivity index (χ2v) is 2.57. The van der Waals surface area contributed by atoms with Gasteiger partial charge in [0.25, 0.3) is 0 Å². The molecule has 0 saturated carbocycles. The van der Waals surface area contributed by atoms with Crippen LogP contribution in [-0.4, -0.2) is 22.2 Å². The molecule has 0 radical (unpaired) electrons. The van der Waals surface area contributed by atoms with Gasteiger partial charge in [-0.15, -0.1) is 0 Å².